The zero-order chi connectivity index (χ0) is 18.2. The van der Waals surface area contributed by atoms with Crippen LogP contribution in [0.2, 0.25) is 0 Å². The Morgan fingerprint density at radius 1 is 1.32 bits per heavy atom. The molecule has 1 N–H and O–H groups in total. The molecular weight excluding hydrogens is 327 g/mol. The number of hydrogen-bond acceptors (Lipinski definition) is 1. The van der Waals surface area contributed by atoms with Crippen LogP contribution in [0.5, 0.6) is 0 Å². The lowest BCUT2D eigenvalue weighted by Crippen LogP contribution is -2.22. The van der Waals surface area contributed by atoms with Gasteiger partial charge in [-0.15, -0.1) is 0 Å². The minimum atomic E-state index is -4.88. The fraction of sp³-hybridized carbons (Fsp3) is 0.350. The summed E-state index contributed by atoms with van der Waals surface area (Å²) in [6, 6.07) is 2.01. The Morgan fingerprint density at radius 2 is 2.08 bits per heavy atom. The Hall–Kier alpha value is -2.30. The minimum absolute atomic E-state index is 0.227. The van der Waals surface area contributed by atoms with Gasteiger partial charge in [-0.05, 0) is 48.8 Å². The molecule has 5 heteroatoms. The number of hydrogen-bond donors (Lipinski definition) is 1. The lowest BCUT2D eigenvalue weighted by atomic mass is 9.86. The van der Waals surface area contributed by atoms with Crippen molar-refractivity contribution < 1.29 is 18.0 Å². The van der Waals surface area contributed by atoms with Crippen molar-refractivity contribution in [3.8, 4) is 0 Å². The van der Waals surface area contributed by atoms with Crippen molar-refractivity contribution in [1.29, 1.82) is 0 Å². The van der Waals surface area contributed by atoms with Gasteiger partial charge in [0.05, 0.1) is 5.56 Å². The van der Waals surface area contributed by atoms with Gasteiger partial charge in [0.15, 0.2) is 0 Å². The number of H-pyrrole nitrogens is 1. The number of aromatic nitrogens is 1. The van der Waals surface area contributed by atoms with Crippen LogP contribution in [0, 0.1) is 12.8 Å². The summed E-state index contributed by atoms with van der Waals surface area (Å²) in [4.78, 5) is 14.8. The summed E-state index contributed by atoms with van der Waals surface area (Å²) in [5, 5.41) is 0.433. The van der Waals surface area contributed by atoms with E-state index in [2.05, 4.69) is 17.1 Å². The molecule has 0 saturated heterocycles. The van der Waals surface area contributed by atoms with E-state index in [1.807, 2.05) is 32.1 Å². The zero-order valence-corrected chi connectivity index (χ0v) is 14.2. The van der Waals surface area contributed by atoms with Crippen molar-refractivity contribution >= 4 is 16.7 Å². The number of Topliss-reactive ketones (excluding diaryl/α,β-unsaturated/α-hetero) is 1. The Balaban J connectivity index is 2.19. The molecule has 1 heterocycles. The Bertz CT molecular complexity index is 871. The van der Waals surface area contributed by atoms with Gasteiger partial charge in [0.1, 0.15) is 0 Å². The molecule has 1 unspecified atom stereocenters. The topological polar surface area (TPSA) is 32.9 Å². The van der Waals surface area contributed by atoms with Crippen molar-refractivity contribution in [2.24, 2.45) is 5.92 Å². The largest absolute Gasteiger partial charge is 0.454 e. The van der Waals surface area contributed by atoms with Crippen LogP contribution in [0.1, 0.15) is 40.4 Å². The van der Waals surface area contributed by atoms with Gasteiger partial charge in [0.25, 0.3) is 5.78 Å². The SMILES string of the molecule is CCc1cc(C)c2[nH]cc(C(=O)C(F)(F)F)c2c1CC1C=CC=CC1. The van der Waals surface area contributed by atoms with Gasteiger partial charge in [0, 0.05) is 17.1 Å². The van der Waals surface area contributed by atoms with Gasteiger partial charge in [-0.2, -0.15) is 13.2 Å². The molecule has 2 aromatic rings. The number of benzene rings is 1. The second-order valence-corrected chi connectivity index (χ2v) is 6.48. The molecule has 0 spiro atoms. The van der Waals surface area contributed by atoms with Gasteiger partial charge >= 0.3 is 6.18 Å². The summed E-state index contributed by atoms with van der Waals surface area (Å²) in [7, 11) is 0. The maximum Gasteiger partial charge on any atom is 0.454 e. The van der Waals surface area contributed by atoms with Gasteiger partial charge < -0.3 is 4.98 Å². The number of rotatable bonds is 4. The molecule has 1 aromatic heterocycles. The number of nitrogens with one attached hydrogen (secondary N) is 1. The van der Waals surface area contributed by atoms with Crippen molar-refractivity contribution in [3.63, 3.8) is 0 Å². The molecule has 0 bridgehead atoms. The molecule has 0 radical (unpaired) electrons. The van der Waals surface area contributed by atoms with Crippen LogP contribution < -0.4 is 0 Å². The molecule has 3 rings (SSSR count). The molecule has 0 aliphatic heterocycles. The number of aromatic amines is 1. The van der Waals surface area contributed by atoms with E-state index in [9.17, 15) is 18.0 Å². The van der Waals surface area contributed by atoms with E-state index in [1.165, 1.54) is 6.20 Å². The number of alkyl halides is 3. The van der Waals surface area contributed by atoms with Crippen LogP contribution in [-0.4, -0.2) is 16.9 Å². The first-order valence-electron chi connectivity index (χ1n) is 8.40. The summed E-state index contributed by atoms with van der Waals surface area (Å²) < 4.78 is 39.1. The third kappa shape index (κ3) is 3.28. The van der Waals surface area contributed by atoms with Gasteiger partial charge in [-0.25, -0.2) is 0 Å². The zero-order valence-electron chi connectivity index (χ0n) is 14.2. The third-order valence-electron chi connectivity index (χ3n) is 4.77. The molecule has 1 aliphatic rings. The van der Waals surface area contributed by atoms with Crippen molar-refractivity contribution in [2.75, 3.05) is 0 Å². The van der Waals surface area contributed by atoms with E-state index < -0.39 is 12.0 Å². The number of allylic oxidation sites excluding steroid dienone is 4. The fourth-order valence-corrected chi connectivity index (χ4v) is 3.55. The number of ketones is 1. The van der Waals surface area contributed by atoms with E-state index in [0.29, 0.717) is 23.7 Å². The summed E-state index contributed by atoms with van der Waals surface area (Å²) in [6.07, 6.45) is 6.57. The van der Waals surface area contributed by atoms with Crippen LogP contribution in [0.3, 0.4) is 0 Å². The van der Waals surface area contributed by atoms with Crippen LogP contribution in [0.4, 0.5) is 13.2 Å². The smallest absolute Gasteiger partial charge is 0.360 e. The molecule has 1 aromatic carbocycles. The normalized spacial score (nSPS) is 17.4. The molecule has 1 atom stereocenters. The summed E-state index contributed by atoms with van der Waals surface area (Å²) in [6.45, 7) is 3.84. The lowest BCUT2D eigenvalue weighted by Gasteiger charge is -2.18. The Morgan fingerprint density at radius 3 is 2.68 bits per heavy atom. The lowest BCUT2D eigenvalue weighted by molar-refractivity contribution is -0.0884. The van der Waals surface area contributed by atoms with E-state index in [-0.39, 0.29) is 11.5 Å². The van der Waals surface area contributed by atoms with E-state index in [0.717, 1.165) is 23.1 Å². The van der Waals surface area contributed by atoms with Gasteiger partial charge in [-0.1, -0.05) is 37.3 Å². The van der Waals surface area contributed by atoms with Crippen LogP contribution in [-0.2, 0) is 12.8 Å². The van der Waals surface area contributed by atoms with Crippen LogP contribution >= 0.6 is 0 Å². The first-order chi connectivity index (χ1) is 11.8. The van der Waals surface area contributed by atoms with Gasteiger partial charge in [-0.3, -0.25) is 4.79 Å². The minimum Gasteiger partial charge on any atom is -0.360 e. The maximum absolute atomic E-state index is 13.0. The van der Waals surface area contributed by atoms with Crippen LogP contribution in [0.15, 0.2) is 36.6 Å². The fourth-order valence-electron chi connectivity index (χ4n) is 3.55. The summed E-state index contributed by atoms with van der Waals surface area (Å²) >= 11 is 0. The standard InChI is InChI=1S/C20H20F3NO/c1-3-14-9-12(2)18-17(15(14)10-13-7-5-4-6-8-13)16(11-24-18)19(25)20(21,22)23/h4-7,9,11,13,24H,3,8,10H2,1-2H3. The predicted octanol–water partition coefficient (Wildman–Crippen LogP) is 5.46. The average Bonchev–Trinajstić information content (AvgIpc) is 3.02. The van der Waals surface area contributed by atoms with Crippen molar-refractivity contribution in [3.05, 3.63) is 58.8 Å². The highest BCUT2D eigenvalue weighted by atomic mass is 19.4. The second kappa shape index (κ2) is 6.54. The Labute approximate surface area is 144 Å². The Kier molecular flexibility index (Phi) is 4.58. The number of carbonyl (C=O) groups is 1. The molecule has 132 valence electrons. The average molecular weight is 347 g/mol. The number of aryl methyl sites for hydroxylation is 2. The van der Waals surface area contributed by atoms with Crippen molar-refractivity contribution in [1.82, 2.24) is 4.98 Å². The summed E-state index contributed by atoms with van der Waals surface area (Å²) in [5.74, 6) is -1.56. The molecule has 0 amide bonds. The highest BCUT2D eigenvalue weighted by molar-refractivity contribution is 6.12. The molecule has 2 nitrogen and oxygen atoms in total. The van der Waals surface area contributed by atoms with Crippen LogP contribution in [0.25, 0.3) is 10.9 Å². The number of carbonyl (C=O) groups excluding carboxylic acids is 1. The quantitative estimate of drug-likeness (QED) is 0.732. The van der Waals surface area contributed by atoms with E-state index in [1.54, 1.807) is 0 Å². The molecule has 0 fully saturated rings. The van der Waals surface area contributed by atoms with E-state index in [4.69, 9.17) is 0 Å². The first-order valence-corrected chi connectivity index (χ1v) is 8.40. The number of halogens is 3. The monoisotopic (exact) mass is 347 g/mol. The third-order valence-corrected chi connectivity index (χ3v) is 4.77. The predicted molar refractivity (Wildman–Crippen MR) is 92.9 cm³/mol. The maximum atomic E-state index is 13.0. The van der Waals surface area contributed by atoms with Gasteiger partial charge in [0.2, 0.25) is 0 Å². The second-order valence-electron chi connectivity index (χ2n) is 6.48. The van der Waals surface area contributed by atoms with E-state index >= 15 is 0 Å². The first kappa shape index (κ1) is 17.5. The van der Waals surface area contributed by atoms with Crippen molar-refractivity contribution in [2.45, 2.75) is 39.3 Å². The molecule has 0 saturated carbocycles. The molecule has 1 aliphatic carbocycles. The molecule has 25 heavy (non-hydrogen) atoms. The highest BCUT2D eigenvalue weighted by Crippen LogP contribution is 2.35. The highest BCUT2D eigenvalue weighted by Gasteiger charge is 2.41. The summed E-state index contributed by atoms with van der Waals surface area (Å²) in [5.41, 5.74) is 3.06. The number of fused-ring (bicyclic) bond motifs is 1. The molecular formula is C20H20F3NO.